The van der Waals surface area contributed by atoms with Crippen LogP contribution in [0.25, 0.3) is 0 Å². The summed E-state index contributed by atoms with van der Waals surface area (Å²) in [5, 5.41) is 0. The van der Waals surface area contributed by atoms with Gasteiger partial charge in [0.15, 0.2) is 0 Å². The van der Waals surface area contributed by atoms with E-state index >= 15 is 0 Å². The molecule has 14 heavy (non-hydrogen) atoms. The van der Waals surface area contributed by atoms with E-state index in [0.717, 1.165) is 24.2 Å². The van der Waals surface area contributed by atoms with Crippen LogP contribution in [-0.2, 0) is 6.54 Å². The van der Waals surface area contributed by atoms with Gasteiger partial charge >= 0.3 is 5.69 Å². The van der Waals surface area contributed by atoms with Crippen molar-refractivity contribution in [2.24, 2.45) is 5.73 Å². The Morgan fingerprint density at radius 1 is 1.50 bits per heavy atom. The van der Waals surface area contributed by atoms with Gasteiger partial charge in [0, 0.05) is 18.2 Å². The molecule has 0 spiro atoms. The molecule has 0 saturated heterocycles. The number of hydrogen-bond acceptors (Lipinski definition) is 3. The first kappa shape index (κ1) is 9.40. The van der Waals surface area contributed by atoms with Crippen molar-refractivity contribution < 1.29 is 0 Å². The molecule has 2 rings (SSSR count). The van der Waals surface area contributed by atoms with E-state index in [1.165, 1.54) is 12.8 Å². The molecule has 76 valence electrons. The summed E-state index contributed by atoms with van der Waals surface area (Å²) in [5.41, 5.74) is 6.93. The lowest BCUT2D eigenvalue weighted by Crippen LogP contribution is -2.18. The zero-order chi connectivity index (χ0) is 9.97. The summed E-state index contributed by atoms with van der Waals surface area (Å²) in [5.74, 6) is 0.475. The predicted octanol–water partition coefficient (Wildman–Crippen LogP) is 0.886. The molecule has 1 fully saturated rings. The summed E-state index contributed by atoms with van der Waals surface area (Å²) in [6.07, 6.45) is 4.80. The lowest BCUT2D eigenvalue weighted by Gasteiger charge is -2.08. The second kappa shape index (κ2) is 3.92. The van der Waals surface area contributed by atoms with Gasteiger partial charge in [0.1, 0.15) is 0 Å². The lowest BCUT2D eigenvalue weighted by atomic mass is 10.0. The number of nitrogens with zero attached hydrogens (tertiary/aromatic N) is 1. The second-order valence-corrected chi connectivity index (χ2v) is 3.82. The number of hydrogen-bond donors (Lipinski definition) is 2. The van der Waals surface area contributed by atoms with Crippen LogP contribution in [0.4, 0.5) is 0 Å². The fraction of sp³-hybridized carbons (Fsp3) is 0.600. The van der Waals surface area contributed by atoms with E-state index in [0.29, 0.717) is 12.5 Å². The lowest BCUT2D eigenvalue weighted by molar-refractivity contribution is 0.683. The number of rotatable bonds is 2. The largest absolute Gasteiger partial charge is 0.345 e. The van der Waals surface area contributed by atoms with Crippen LogP contribution in [0.3, 0.4) is 0 Å². The number of aromatic nitrogens is 2. The molecule has 0 atom stereocenters. The Hall–Kier alpha value is -1.16. The highest BCUT2D eigenvalue weighted by Gasteiger charge is 2.18. The minimum absolute atomic E-state index is 0.269. The summed E-state index contributed by atoms with van der Waals surface area (Å²) >= 11 is 0. The van der Waals surface area contributed by atoms with Crippen LogP contribution in [0.1, 0.15) is 43.0 Å². The van der Waals surface area contributed by atoms with Crippen molar-refractivity contribution in [2.45, 2.75) is 38.1 Å². The van der Waals surface area contributed by atoms with Gasteiger partial charge in [-0.3, -0.25) is 0 Å². The van der Waals surface area contributed by atoms with Crippen molar-refractivity contribution in [1.82, 2.24) is 9.97 Å². The first-order chi connectivity index (χ1) is 6.79. The summed E-state index contributed by atoms with van der Waals surface area (Å²) in [6.45, 7) is 0.372. The molecule has 1 saturated carbocycles. The van der Waals surface area contributed by atoms with Crippen molar-refractivity contribution >= 4 is 0 Å². The molecule has 4 heteroatoms. The maximum Gasteiger partial charge on any atom is 0.345 e. The Bertz CT molecular complexity index is 366. The molecular weight excluding hydrogens is 178 g/mol. The van der Waals surface area contributed by atoms with Gasteiger partial charge in [0.05, 0.1) is 5.69 Å². The molecule has 0 unspecified atom stereocenters. The van der Waals surface area contributed by atoms with E-state index < -0.39 is 0 Å². The summed E-state index contributed by atoms with van der Waals surface area (Å²) in [6, 6.07) is 1.93. The maximum absolute atomic E-state index is 11.2. The zero-order valence-corrected chi connectivity index (χ0v) is 8.12. The molecule has 3 N–H and O–H groups in total. The first-order valence-corrected chi connectivity index (χ1v) is 5.10. The van der Waals surface area contributed by atoms with Crippen molar-refractivity contribution in [1.29, 1.82) is 0 Å². The zero-order valence-electron chi connectivity index (χ0n) is 8.12. The first-order valence-electron chi connectivity index (χ1n) is 5.10. The van der Waals surface area contributed by atoms with Crippen molar-refractivity contribution in [3.05, 3.63) is 27.9 Å². The van der Waals surface area contributed by atoms with Crippen LogP contribution in [0.5, 0.6) is 0 Å². The third-order valence-electron chi connectivity index (χ3n) is 2.81. The van der Waals surface area contributed by atoms with Gasteiger partial charge in [0.25, 0.3) is 0 Å². The van der Waals surface area contributed by atoms with Crippen LogP contribution in [-0.4, -0.2) is 9.97 Å². The third-order valence-corrected chi connectivity index (χ3v) is 2.81. The van der Waals surface area contributed by atoms with E-state index in [1.54, 1.807) is 0 Å². The average Bonchev–Trinajstić information content (AvgIpc) is 2.69. The van der Waals surface area contributed by atoms with Gasteiger partial charge in [0.2, 0.25) is 0 Å². The Kier molecular flexibility index (Phi) is 2.63. The maximum atomic E-state index is 11.2. The van der Waals surface area contributed by atoms with Crippen molar-refractivity contribution in [3.63, 3.8) is 0 Å². The standard InChI is InChI=1S/C10H15N3O/c11-6-8-5-9(13-10(14)12-8)7-3-1-2-4-7/h5,7H,1-4,6,11H2,(H,12,13,14). The van der Waals surface area contributed by atoms with Crippen LogP contribution >= 0.6 is 0 Å². The molecule has 0 aromatic carbocycles. The van der Waals surface area contributed by atoms with E-state index in [9.17, 15) is 4.79 Å². The van der Waals surface area contributed by atoms with Gasteiger partial charge in [-0.05, 0) is 18.9 Å². The number of nitrogens with one attached hydrogen (secondary N) is 1. The van der Waals surface area contributed by atoms with Crippen LogP contribution < -0.4 is 11.4 Å². The molecule has 1 aromatic rings. The minimum atomic E-state index is -0.269. The van der Waals surface area contributed by atoms with Gasteiger partial charge < -0.3 is 10.7 Å². The minimum Gasteiger partial charge on any atom is -0.325 e. The number of H-pyrrole nitrogens is 1. The molecule has 0 aliphatic heterocycles. The SMILES string of the molecule is NCc1cc(C2CCCC2)nc(=O)[nH]1. The Morgan fingerprint density at radius 2 is 2.21 bits per heavy atom. The second-order valence-electron chi connectivity index (χ2n) is 3.82. The van der Waals surface area contributed by atoms with Gasteiger partial charge in [-0.2, -0.15) is 4.98 Å². The summed E-state index contributed by atoms with van der Waals surface area (Å²) < 4.78 is 0. The average molecular weight is 193 g/mol. The normalized spacial score (nSPS) is 17.5. The highest BCUT2D eigenvalue weighted by atomic mass is 16.1. The highest BCUT2D eigenvalue weighted by molar-refractivity contribution is 5.13. The highest BCUT2D eigenvalue weighted by Crippen LogP contribution is 2.32. The number of aromatic amines is 1. The van der Waals surface area contributed by atoms with E-state index in [1.807, 2.05) is 6.07 Å². The Balaban J connectivity index is 2.32. The molecule has 1 aliphatic rings. The molecule has 4 nitrogen and oxygen atoms in total. The van der Waals surface area contributed by atoms with Crippen molar-refractivity contribution in [3.8, 4) is 0 Å². The smallest absolute Gasteiger partial charge is 0.325 e. The fourth-order valence-corrected chi connectivity index (χ4v) is 2.07. The Labute approximate surface area is 82.6 Å². The fourth-order valence-electron chi connectivity index (χ4n) is 2.07. The molecule has 1 aromatic heterocycles. The molecule has 1 heterocycles. The van der Waals surface area contributed by atoms with Gasteiger partial charge in [-0.15, -0.1) is 0 Å². The third kappa shape index (κ3) is 1.85. The van der Waals surface area contributed by atoms with Gasteiger partial charge in [-0.25, -0.2) is 4.79 Å². The van der Waals surface area contributed by atoms with E-state index in [4.69, 9.17) is 5.73 Å². The monoisotopic (exact) mass is 193 g/mol. The van der Waals surface area contributed by atoms with E-state index in [-0.39, 0.29) is 5.69 Å². The van der Waals surface area contributed by atoms with Crippen LogP contribution in [0.2, 0.25) is 0 Å². The quantitative estimate of drug-likeness (QED) is 0.732. The van der Waals surface area contributed by atoms with Crippen LogP contribution in [0, 0.1) is 0 Å². The molecular formula is C10H15N3O. The van der Waals surface area contributed by atoms with Gasteiger partial charge in [-0.1, -0.05) is 12.8 Å². The molecule has 0 bridgehead atoms. The Morgan fingerprint density at radius 3 is 2.86 bits per heavy atom. The predicted molar refractivity (Wildman–Crippen MR) is 54.0 cm³/mol. The number of nitrogens with two attached hydrogens (primary N) is 1. The van der Waals surface area contributed by atoms with Crippen molar-refractivity contribution in [2.75, 3.05) is 0 Å². The van der Waals surface area contributed by atoms with Crippen LogP contribution in [0.15, 0.2) is 10.9 Å². The summed E-state index contributed by atoms with van der Waals surface area (Å²) in [7, 11) is 0. The van der Waals surface area contributed by atoms with E-state index in [2.05, 4.69) is 9.97 Å². The topological polar surface area (TPSA) is 71.8 Å². The summed E-state index contributed by atoms with van der Waals surface area (Å²) in [4.78, 5) is 17.8. The molecule has 1 aliphatic carbocycles. The molecule has 0 amide bonds. The molecule has 0 radical (unpaired) electrons.